The fourth-order valence-electron chi connectivity index (χ4n) is 3.28. The van der Waals surface area contributed by atoms with Gasteiger partial charge in [-0.25, -0.2) is 0 Å². The minimum absolute atomic E-state index is 0.105. The molecule has 5 nitrogen and oxygen atoms in total. The molecule has 0 spiro atoms. The molecule has 0 bridgehead atoms. The third kappa shape index (κ3) is 4.79. The minimum Gasteiger partial charge on any atom is -0.393 e. The normalized spacial score (nSPS) is 20.0. The number of carbonyl (C=O) groups excluding carboxylic acids is 1. The van der Waals surface area contributed by atoms with Gasteiger partial charge in [-0.05, 0) is 36.6 Å². The molecule has 3 rings (SSSR count). The van der Waals surface area contributed by atoms with Gasteiger partial charge in [-0.1, -0.05) is 31.0 Å². The Labute approximate surface area is 148 Å². The molecule has 1 saturated carbocycles. The number of nitrogens with one attached hydrogen (secondary N) is 2. The minimum atomic E-state index is -0.298. The SMILES string of the molecule is O=C(NC[C@H]1CCCC[C@H]1O)c1ccccc1NCc1cccnc1. The molecule has 0 unspecified atom stereocenters. The van der Waals surface area contributed by atoms with Crippen LogP contribution in [0.5, 0.6) is 0 Å². The van der Waals surface area contributed by atoms with Crippen molar-refractivity contribution in [1.29, 1.82) is 0 Å². The predicted octanol–water partition coefficient (Wildman–Crippen LogP) is 2.97. The van der Waals surface area contributed by atoms with Gasteiger partial charge >= 0.3 is 0 Å². The maximum atomic E-state index is 12.6. The molecular formula is C20H25N3O2. The van der Waals surface area contributed by atoms with Gasteiger partial charge in [-0.3, -0.25) is 9.78 Å². The molecule has 1 amide bonds. The van der Waals surface area contributed by atoms with Gasteiger partial charge in [-0.2, -0.15) is 0 Å². The van der Waals surface area contributed by atoms with E-state index < -0.39 is 0 Å². The molecule has 1 aromatic heterocycles. The van der Waals surface area contributed by atoms with Crippen molar-refractivity contribution >= 4 is 11.6 Å². The van der Waals surface area contributed by atoms with Gasteiger partial charge < -0.3 is 15.7 Å². The number of hydrogen-bond donors (Lipinski definition) is 3. The summed E-state index contributed by atoms with van der Waals surface area (Å²) in [4.78, 5) is 16.7. The summed E-state index contributed by atoms with van der Waals surface area (Å²) in [5, 5.41) is 16.3. The first-order valence-corrected chi connectivity index (χ1v) is 8.92. The molecule has 1 heterocycles. The number of pyridine rings is 1. The second-order valence-electron chi connectivity index (χ2n) is 6.58. The van der Waals surface area contributed by atoms with Gasteiger partial charge in [0.15, 0.2) is 0 Å². The van der Waals surface area contributed by atoms with E-state index >= 15 is 0 Å². The Morgan fingerprint density at radius 1 is 1.16 bits per heavy atom. The largest absolute Gasteiger partial charge is 0.393 e. The number of aromatic nitrogens is 1. The first-order valence-electron chi connectivity index (χ1n) is 8.92. The Bertz CT molecular complexity index is 690. The summed E-state index contributed by atoms with van der Waals surface area (Å²) in [6, 6.07) is 11.4. The molecule has 0 aliphatic heterocycles. The number of anilines is 1. The van der Waals surface area contributed by atoms with Crippen molar-refractivity contribution in [3.8, 4) is 0 Å². The van der Waals surface area contributed by atoms with Gasteiger partial charge in [0, 0.05) is 37.1 Å². The molecule has 1 fully saturated rings. The van der Waals surface area contributed by atoms with Gasteiger partial charge in [0.2, 0.25) is 0 Å². The molecule has 25 heavy (non-hydrogen) atoms. The van der Waals surface area contributed by atoms with E-state index in [2.05, 4.69) is 15.6 Å². The monoisotopic (exact) mass is 339 g/mol. The highest BCUT2D eigenvalue weighted by Crippen LogP contribution is 2.24. The average molecular weight is 339 g/mol. The van der Waals surface area contributed by atoms with Crippen molar-refractivity contribution in [3.63, 3.8) is 0 Å². The lowest BCUT2D eigenvalue weighted by molar-refractivity contribution is 0.0663. The second kappa shape index (κ2) is 8.62. The van der Waals surface area contributed by atoms with Gasteiger partial charge in [0.1, 0.15) is 0 Å². The Kier molecular flexibility index (Phi) is 6.01. The number of aliphatic hydroxyl groups excluding tert-OH is 1. The Hall–Kier alpha value is -2.40. The van der Waals surface area contributed by atoms with Gasteiger partial charge in [0.05, 0.1) is 11.7 Å². The fraction of sp³-hybridized carbons (Fsp3) is 0.400. The summed E-state index contributed by atoms with van der Waals surface area (Å²) in [5.41, 5.74) is 2.48. The van der Waals surface area contributed by atoms with E-state index in [0.29, 0.717) is 18.7 Å². The molecule has 2 aromatic rings. The van der Waals surface area contributed by atoms with Crippen LogP contribution < -0.4 is 10.6 Å². The maximum Gasteiger partial charge on any atom is 0.253 e. The molecule has 132 valence electrons. The Morgan fingerprint density at radius 3 is 2.80 bits per heavy atom. The lowest BCUT2D eigenvalue weighted by atomic mass is 9.86. The van der Waals surface area contributed by atoms with Crippen LogP contribution in [0.4, 0.5) is 5.69 Å². The van der Waals surface area contributed by atoms with Gasteiger partial charge in [-0.15, -0.1) is 0 Å². The maximum absolute atomic E-state index is 12.6. The summed E-state index contributed by atoms with van der Waals surface area (Å²) in [5.74, 6) is 0.0558. The summed E-state index contributed by atoms with van der Waals surface area (Å²) < 4.78 is 0. The van der Waals surface area contributed by atoms with Crippen LogP contribution in [-0.4, -0.2) is 28.6 Å². The van der Waals surface area contributed by atoms with E-state index in [4.69, 9.17) is 0 Å². The fourth-order valence-corrected chi connectivity index (χ4v) is 3.28. The zero-order valence-electron chi connectivity index (χ0n) is 14.3. The molecule has 3 N–H and O–H groups in total. The van der Waals surface area contributed by atoms with Crippen LogP contribution in [0.25, 0.3) is 0 Å². The van der Waals surface area contributed by atoms with E-state index in [-0.39, 0.29) is 17.9 Å². The second-order valence-corrected chi connectivity index (χ2v) is 6.58. The number of amides is 1. The summed E-state index contributed by atoms with van der Waals surface area (Å²) >= 11 is 0. The summed E-state index contributed by atoms with van der Waals surface area (Å²) in [6.45, 7) is 1.14. The number of nitrogens with zero attached hydrogens (tertiary/aromatic N) is 1. The highest BCUT2D eigenvalue weighted by atomic mass is 16.3. The van der Waals surface area contributed by atoms with Crippen molar-refractivity contribution in [2.75, 3.05) is 11.9 Å². The highest BCUT2D eigenvalue weighted by molar-refractivity contribution is 5.99. The summed E-state index contributed by atoms with van der Waals surface area (Å²) in [6.07, 6.45) is 7.26. The third-order valence-electron chi connectivity index (χ3n) is 4.77. The van der Waals surface area contributed by atoms with Crippen molar-refractivity contribution < 1.29 is 9.90 Å². The number of benzene rings is 1. The van der Waals surface area contributed by atoms with Gasteiger partial charge in [0.25, 0.3) is 5.91 Å². The standard InChI is InChI=1S/C20H25N3O2/c24-19-10-4-1-7-16(19)14-23-20(25)17-8-2-3-9-18(17)22-13-15-6-5-11-21-12-15/h2-3,5-6,8-9,11-12,16,19,22,24H,1,4,7,10,13-14H2,(H,23,25)/t16-,19-/m1/s1. The van der Waals surface area contributed by atoms with E-state index in [1.807, 2.05) is 36.4 Å². The topological polar surface area (TPSA) is 74.2 Å². The molecule has 1 aromatic carbocycles. The lowest BCUT2D eigenvalue weighted by Crippen LogP contribution is -2.36. The number of carbonyl (C=O) groups is 1. The van der Waals surface area contributed by atoms with E-state index in [9.17, 15) is 9.90 Å². The van der Waals surface area contributed by atoms with Crippen molar-refractivity contribution in [1.82, 2.24) is 10.3 Å². The molecular weight excluding hydrogens is 314 g/mol. The average Bonchev–Trinajstić information content (AvgIpc) is 2.66. The zero-order valence-corrected chi connectivity index (χ0v) is 14.3. The highest BCUT2D eigenvalue weighted by Gasteiger charge is 2.23. The van der Waals surface area contributed by atoms with Crippen molar-refractivity contribution in [2.45, 2.75) is 38.3 Å². The molecule has 2 atom stereocenters. The molecule has 0 radical (unpaired) electrons. The Morgan fingerprint density at radius 2 is 2.00 bits per heavy atom. The predicted molar refractivity (Wildman–Crippen MR) is 98.3 cm³/mol. The zero-order chi connectivity index (χ0) is 17.5. The summed E-state index contributed by atoms with van der Waals surface area (Å²) in [7, 11) is 0. The molecule has 1 aliphatic rings. The lowest BCUT2D eigenvalue weighted by Gasteiger charge is -2.27. The van der Waals surface area contributed by atoms with Crippen LogP contribution in [0.1, 0.15) is 41.6 Å². The van der Waals surface area contributed by atoms with Crippen molar-refractivity contribution in [3.05, 3.63) is 59.9 Å². The van der Waals surface area contributed by atoms with Crippen LogP contribution in [0.3, 0.4) is 0 Å². The van der Waals surface area contributed by atoms with E-state index in [0.717, 1.165) is 36.9 Å². The third-order valence-corrected chi connectivity index (χ3v) is 4.77. The molecule has 1 aliphatic carbocycles. The molecule has 5 heteroatoms. The smallest absolute Gasteiger partial charge is 0.253 e. The van der Waals surface area contributed by atoms with Crippen LogP contribution in [0, 0.1) is 5.92 Å². The van der Waals surface area contributed by atoms with Crippen LogP contribution in [0.15, 0.2) is 48.8 Å². The first-order chi connectivity index (χ1) is 12.2. The number of rotatable bonds is 6. The van der Waals surface area contributed by atoms with Crippen LogP contribution in [-0.2, 0) is 6.54 Å². The number of hydrogen-bond acceptors (Lipinski definition) is 4. The van der Waals surface area contributed by atoms with E-state index in [1.165, 1.54) is 0 Å². The number of para-hydroxylation sites is 1. The van der Waals surface area contributed by atoms with Crippen LogP contribution >= 0.6 is 0 Å². The van der Waals surface area contributed by atoms with E-state index in [1.54, 1.807) is 12.4 Å². The Balaban J connectivity index is 1.60. The number of aliphatic hydroxyl groups is 1. The van der Waals surface area contributed by atoms with Crippen molar-refractivity contribution in [2.24, 2.45) is 5.92 Å². The van der Waals surface area contributed by atoms with Crippen LogP contribution in [0.2, 0.25) is 0 Å². The quantitative estimate of drug-likeness (QED) is 0.756. The first kappa shape index (κ1) is 17.4. The molecule has 0 saturated heterocycles.